The van der Waals surface area contributed by atoms with Crippen LogP contribution in [0.2, 0.25) is 0 Å². The summed E-state index contributed by atoms with van der Waals surface area (Å²) < 4.78 is 73.8. The molecule has 218 valence electrons. The van der Waals surface area contributed by atoms with Crippen molar-refractivity contribution in [3.8, 4) is 22.6 Å². The summed E-state index contributed by atoms with van der Waals surface area (Å²) in [4.78, 5) is 9.24. The van der Waals surface area contributed by atoms with Crippen molar-refractivity contribution < 1.29 is 35.9 Å². The van der Waals surface area contributed by atoms with E-state index >= 15 is 0 Å². The first kappa shape index (κ1) is 32.4. The van der Waals surface area contributed by atoms with E-state index < -0.39 is 23.8 Å². The lowest BCUT2D eigenvalue weighted by molar-refractivity contribution is 0.188. The number of sulfonamides is 1. The maximum absolute atomic E-state index is 12.6. The molecule has 0 aliphatic carbocycles. The molecule has 3 rings (SSSR count). The van der Waals surface area contributed by atoms with Crippen LogP contribution in [0.5, 0.6) is 11.5 Å². The highest BCUT2D eigenvalue weighted by molar-refractivity contribution is 9.10. The van der Waals surface area contributed by atoms with Gasteiger partial charge in [-0.05, 0) is 74.8 Å². The summed E-state index contributed by atoms with van der Waals surface area (Å²) in [6.07, 6.45) is -1.53. The molecule has 0 aromatic heterocycles. The molecule has 0 heterocycles. The molecule has 0 saturated heterocycles. The molecule has 1 atom stereocenters. The second-order valence-electron chi connectivity index (χ2n) is 9.50. The monoisotopic (exact) mass is 677 g/mol. The maximum atomic E-state index is 12.6. The van der Waals surface area contributed by atoms with Crippen LogP contribution < -0.4 is 14.0 Å². The zero-order valence-electron chi connectivity index (χ0n) is 22.1. The fourth-order valence-electron chi connectivity index (χ4n) is 3.49. The van der Waals surface area contributed by atoms with E-state index in [-0.39, 0.29) is 5.75 Å². The number of benzene rings is 3. The van der Waals surface area contributed by atoms with Crippen LogP contribution in [0.1, 0.15) is 31.4 Å². The topological polar surface area (TPSA) is 102 Å². The van der Waals surface area contributed by atoms with E-state index in [1.54, 1.807) is 36.0 Å². The van der Waals surface area contributed by atoms with Gasteiger partial charge in [0.15, 0.2) is 0 Å². The Morgan fingerprint density at radius 3 is 2.17 bits per heavy atom. The van der Waals surface area contributed by atoms with Crippen LogP contribution in [0.25, 0.3) is 11.1 Å². The second-order valence-corrected chi connectivity index (χ2v) is 14.8. The number of hydrogen-bond acceptors (Lipinski definition) is 6. The van der Waals surface area contributed by atoms with Gasteiger partial charge in [-0.25, -0.2) is 13.0 Å². The molecular formula is C27H31BrF2NO6PS2. The van der Waals surface area contributed by atoms with E-state index in [1.807, 2.05) is 30.3 Å². The molecule has 2 N–H and O–H groups in total. The molecule has 1 unspecified atom stereocenters. The third kappa shape index (κ3) is 10.1. The number of alkyl halides is 2. The fraction of sp³-hybridized carbons (Fsp3) is 0.333. The fourth-order valence-corrected chi connectivity index (χ4v) is 6.15. The molecule has 0 bridgehead atoms. The van der Waals surface area contributed by atoms with Crippen LogP contribution >= 0.6 is 35.3 Å². The third-order valence-corrected chi connectivity index (χ3v) is 8.76. The van der Waals surface area contributed by atoms with E-state index in [9.17, 15) is 26.7 Å². The van der Waals surface area contributed by atoms with Gasteiger partial charge in [0.2, 0.25) is 10.0 Å². The number of hydrogen-bond donors (Lipinski definition) is 2. The van der Waals surface area contributed by atoms with Crippen molar-refractivity contribution in [2.24, 2.45) is 5.92 Å². The van der Waals surface area contributed by atoms with Crippen LogP contribution in [-0.4, -0.2) is 32.3 Å². The summed E-state index contributed by atoms with van der Waals surface area (Å²) in [5, 5.41) is 0. The minimum absolute atomic E-state index is 0.125. The van der Waals surface area contributed by atoms with Gasteiger partial charge < -0.3 is 14.2 Å². The van der Waals surface area contributed by atoms with Gasteiger partial charge in [0, 0.05) is 11.5 Å². The van der Waals surface area contributed by atoms with Gasteiger partial charge in [-0.2, -0.15) is 20.5 Å². The predicted molar refractivity (Wildman–Crippen MR) is 161 cm³/mol. The van der Waals surface area contributed by atoms with E-state index in [4.69, 9.17) is 4.74 Å². The van der Waals surface area contributed by atoms with Crippen molar-refractivity contribution in [1.29, 1.82) is 0 Å². The Balaban J connectivity index is 1.63. The summed E-state index contributed by atoms with van der Waals surface area (Å²) in [6.45, 7) is 4.67. The first-order valence-corrected chi connectivity index (χ1v) is 17.7. The molecule has 3 aromatic rings. The lowest BCUT2D eigenvalue weighted by Gasteiger charge is -2.15. The molecule has 0 saturated carbocycles. The first-order chi connectivity index (χ1) is 18.7. The smallest absolute Gasteiger partial charge is 0.442 e. The van der Waals surface area contributed by atoms with Gasteiger partial charge >= 0.3 is 13.8 Å². The lowest BCUT2D eigenvalue weighted by atomic mass is 10.0. The van der Waals surface area contributed by atoms with Crippen molar-refractivity contribution in [2.75, 3.05) is 17.6 Å². The number of halogens is 3. The van der Waals surface area contributed by atoms with Crippen molar-refractivity contribution in [3.05, 3.63) is 76.3 Å². The van der Waals surface area contributed by atoms with Gasteiger partial charge in [-0.1, -0.05) is 50.2 Å². The Hall–Kier alpha value is -2.11. The zero-order chi connectivity index (χ0) is 29.5. The van der Waals surface area contributed by atoms with Gasteiger partial charge in [0.1, 0.15) is 11.5 Å². The van der Waals surface area contributed by atoms with E-state index in [1.165, 1.54) is 6.07 Å². The van der Waals surface area contributed by atoms with Crippen molar-refractivity contribution in [2.45, 2.75) is 37.9 Å². The molecule has 40 heavy (non-hydrogen) atoms. The molecular weight excluding hydrogens is 647 g/mol. The van der Waals surface area contributed by atoms with E-state index in [2.05, 4.69) is 39.0 Å². The van der Waals surface area contributed by atoms with Gasteiger partial charge in [-0.3, -0.25) is 4.72 Å². The van der Waals surface area contributed by atoms with Crippen LogP contribution in [0.15, 0.2) is 65.1 Å². The van der Waals surface area contributed by atoms with E-state index in [0.717, 1.165) is 34.9 Å². The quantitative estimate of drug-likeness (QED) is 0.166. The third-order valence-electron chi connectivity index (χ3n) is 5.52. The molecule has 13 heteroatoms. The molecule has 0 fully saturated rings. The average Bonchev–Trinajstić information content (AvgIpc) is 2.85. The molecule has 0 aliphatic heterocycles. The van der Waals surface area contributed by atoms with Gasteiger partial charge in [0.05, 0.1) is 23.0 Å². The summed E-state index contributed by atoms with van der Waals surface area (Å²) in [7, 11) is -8.54. The highest BCUT2D eigenvalue weighted by atomic mass is 79.9. The number of nitrogens with one attached hydrogen (secondary N) is 1. The highest BCUT2D eigenvalue weighted by Gasteiger charge is 2.34. The Labute approximate surface area is 246 Å². The van der Waals surface area contributed by atoms with Gasteiger partial charge in [-0.15, -0.1) is 0 Å². The summed E-state index contributed by atoms with van der Waals surface area (Å²) >= 11 is 4.84. The largest absolute Gasteiger partial charge is 0.491 e. The summed E-state index contributed by atoms with van der Waals surface area (Å²) in [5.41, 5.74) is 4.11. The second kappa shape index (κ2) is 14.2. The predicted octanol–water partition coefficient (Wildman–Crippen LogP) is 8.13. The number of thioether (sulfide) groups is 1. The minimum Gasteiger partial charge on any atom is -0.491 e. The van der Waals surface area contributed by atoms with Crippen LogP contribution in [0.3, 0.4) is 0 Å². The Kier molecular flexibility index (Phi) is 11.5. The molecule has 0 radical (unpaired) electrons. The van der Waals surface area contributed by atoms with Gasteiger partial charge in [0.25, 0.3) is 0 Å². The van der Waals surface area contributed by atoms with Crippen molar-refractivity contribution >= 4 is 51.0 Å². The Bertz CT molecular complexity index is 1460. The first-order valence-electron chi connectivity index (χ1n) is 12.2. The highest BCUT2D eigenvalue weighted by Crippen LogP contribution is 2.50. The SMILES string of the molecule is CC(C)CCOc1ccc(-c2ccc(CSCc3ccc(OP(=O)(O)C(F)F)c(Br)c3)cc2)cc1NS(C)(=O)=O. The van der Waals surface area contributed by atoms with Crippen LogP contribution in [-0.2, 0) is 26.1 Å². The number of anilines is 1. The average molecular weight is 679 g/mol. The Morgan fingerprint density at radius 2 is 1.57 bits per heavy atom. The molecule has 0 amide bonds. The molecule has 0 aliphatic rings. The molecule has 3 aromatic carbocycles. The Morgan fingerprint density at radius 1 is 0.975 bits per heavy atom. The minimum atomic E-state index is -5.04. The van der Waals surface area contributed by atoms with E-state index in [0.29, 0.717) is 39.9 Å². The standard InChI is InChI=1S/C27H31BrF2NO6PS2/c1-18(2)12-13-36-26-11-9-22(15-24(26)31-40(3,34)35)21-7-4-19(5-8-21)16-39-17-20-6-10-25(23(28)14-20)37-38(32,33)27(29)30/h4-11,14-15,18,27,31H,12-13,16-17H2,1-3H3,(H,32,33). The van der Waals surface area contributed by atoms with Crippen molar-refractivity contribution in [1.82, 2.24) is 0 Å². The normalized spacial score (nSPS) is 13.3. The van der Waals surface area contributed by atoms with Crippen molar-refractivity contribution in [3.63, 3.8) is 0 Å². The maximum Gasteiger partial charge on any atom is 0.442 e. The summed E-state index contributed by atoms with van der Waals surface area (Å²) in [5.74, 6) is 2.14. The molecule has 7 nitrogen and oxygen atoms in total. The van der Waals surface area contributed by atoms with Crippen LogP contribution in [0.4, 0.5) is 14.5 Å². The number of ether oxygens (including phenoxy) is 1. The summed E-state index contributed by atoms with van der Waals surface area (Å²) in [6, 6.07) is 18.0. The number of rotatable bonds is 14. The molecule has 0 spiro atoms. The zero-order valence-corrected chi connectivity index (χ0v) is 26.3. The lowest BCUT2D eigenvalue weighted by Crippen LogP contribution is -2.11. The van der Waals surface area contributed by atoms with Crippen LogP contribution in [0, 0.1) is 5.92 Å².